The van der Waals surface area contributed by atoms with Gasteiger partial charge in [0.05, 0.1) is 6.54 Å². The first-order chi connectivity index (χ1) is 12.4. The molecular formula is C19H35Cl2N5O2. The first kappa shape index (κ1) is 25.1. The van der Waals surface area contributed by atoms with Crippen LogP contribution in [0.5, 0.6) is 0 Å². The Morgan fingerprint density at radius 2 is 1.79 bits per heavy atom. The predicted molar refractivity (Wildman–Crippen MR) is 114 cm³/mol. The summed E-state index contributed by atoms with van der Waals surface area (Å²) in [6, 6.07) is 0. The lowest BCUT2D eigenvalue weighted by atomic mass is 9.93. The number of amides is 1. The molecule has 162 valence electrons. The van der Waals surface area contributed by atoms with Crippen LogP contribution in [0.2, 0.25) is 0 Å². The van der Waals surface area contributed by atoms with Gasteiger partial charge in [-0.15, -0.1) is 24.8 Å². The minimum atomic E-state index is -0.120. The highest BCUT2D eigenvalue weighted by atomic mass is 35.5. The van der Waals surface area contributed by atoms with Gasteiger partial charge in [-0.1, -0.05) is 25.9 Å². The number of piperazine rings is 1. The lowest BCUT2D eigenvalue weighted by Crippen LogP contribution is -2.48. The van der Waals surface area contributed by atoms with Gasteiger partial charge in [-0.2, -0.15) is 4.98 Å². The van der Waals surface area contributed by atoms with Crippen LogP contribution < -0.4 is 5.32 Å². The molecule has 0 aromatic carbocycles. The Balaban J connectivity index is 0.00000196. The molecule has 0 saturated carbocycles. The van der Waals surface area contributed by atoms with Crippen LogP contribution in [0, 0.1) is 5.92 Å². The lowest BCUT2D eigenvalue weighted by Gasteiger charge is -2.34. The van der Waals surface area contributed by atoms with Gasteiger partial charge in [0.1, 0.15) is 0 Å². The largest absolute Gasteiger partial charge is 0.340 e. The second-order valence-electron chi connectivity index (χ2n) is 8.65. The number of hydrogen-bond donors (Lipinski definition) is 1. The first-order valence-corrected chi connectivity index (χ1v) is 9.96. The van der Waals surface area contributed by atoms with Crippen LogP contribution >= 0.6 is 24.8 Å². The van der Waals surface area contributed by atoms with Crippen molar-refractivity contribution in [1.82, 2.24) is 25.3 Å². The third-order valence-electron chi connectivity index (χ3n) is 5.42. The number of carbonyl (C=O) groups excluding carboxylic acids is 1. The summed E-state index contributed by atoms with van der Waals surface area (Å²) in [5.41, 5.74) is -0.120. The van der Waals surface area contributed by atoms with Crippen molar-refractivity contribution in [2.75, 3.05) is 39.3 Å². The van der Waals surface area contributed by atoms with Crippen LogP contribution in [-0.4, -0.2) is 65.1 Å². The number of hydrogen-bond acceptors (Lipinski definition) is 6. The summed E-state index contributed by atoms with van der Waals surface area (Å²) in [5.74, 6) is 2.45. The van der Waals surface area contributed by atoms with Gasteiger partial charge in [-0.25, -0.2) is 0 Å². The number of nitrogens with one attached hydrogen (secondary N) is 1. The zero-order valence-corrected chi connectivity index (χ0v) is 18.9. The van der Waals surface area contributed by atoms with Crippen LogP contribution in [0.15, 0.2) is 4.52 Å². The van der Waals surface area contributed by atoms with Crippen LogP contribution in [0.25, 0.3) is 0 Å². The molecule has 1 aromatic heterocycles. The number of carbonyl (C=O) groups is 1. The van der Waals surface area contributed by atoms with Crippen molar-refractivity contribution in [3.05, 3.63) is 11.7 Å². The zero-order valence-electron chi connectivity index (χ0n) is 17.3. The van der Waals surface area contributed by atoms with Gasteiger partial charge in [-0.3, -0.25) is 9.69 Å². The maximum atomic E-state index is 12.5. The maximum Gasteiger partial charge on any atom is 0.232 e. The molecule has 3 heterocycles. The summed E-state index contributed by atoms with van der Waals surface area (Å²) in [6.07, 6.45) is 4.16. The van der Waals surface area contributed by atoms with E-state index >= 15 is 0 Å². The number of halogens is 2. The van der Waals surface area contributed by atoms with Crippen LogP contribution in [0.1, 0.15) is 58.2 Å². The molecule has 0 atom stereocenters. The normalized spacial score (nSPS) is 19.0. The zero-order chi connectivity index (χ0) is 18.6. The third-order valence-corrected chi connectivity index (χ3v) is 5.42. The number of piperidine rings is 1. The molecule has 0 bridgehead atoms. The van der Waals surface area contributed by atoms with Gasteiger partial charge < -0.3 is 14.7 Å². The maximum absolute atomic E-state index is 12.5. The van der Waals surface area contributed by atoms with Gasteiger partial charge in [0.25, 0.3) is 0 Å². The Kier molecular flexibility index (Phi) is 10.2. The van der Waals surface area contributed by atoms with Gasteiger partial charge in [0, 0.05) is 38.0 Å². The van der Waals surface area contributed by atoms with E-state index in [0.717, 1.165) is 57.4 Å². The van der Waals surface area contributed by atoms with E-state index < -0.39 is 0 Å². The quantitative estimate of drug-likeness (QED) is 0.765. The van der Waals surface area contributed by atoms with Crippen molar-refractivity contribution in [3.8, 4) is 0 Å². The minimum absolute atomic E-state index is 0. The molecule has 7 nitrogen and oxygen atoms in total. The van der Waals surface area contributed by atoms with Gasteiger partial charge in [0.15, 0.2) is 5.82 Å². The van der Waals surface area contributed by atoms with Crippen molar-refractivity contribution in [3.63, 3.8) is 0 Å². The fourth-order valence-electron chi connectivity index (χ4n) is 3.63. The molecule has 28 heavy (non-hydrogen) atoms. The van der Waals surface area contributed by atoms with E-state index in [9.17, 15) is 4.79 Å². The summed E-state index contributed by atoms with van der Waals surface area (Å²) >= 11 is 0. The average Bonchev–Trinajstić information content (AvgIpc) is 3.10. The summed E-state index contributed by atoms with van der Waals surface area (Å²) < 4.78 is 5.36. The monoisotopic (exact) mass is 435 g/mol. The highest BCUT2D eigenvalue weighted by Gasteiger charge is 2.25. The molecule has 0 unspecified atom stereocenters. The Bertz CT molecular complexity index is 591. The van der Waals surface area contributed by atoms with Crippen molar-refractivity contribution in [2.45, 2.75) is 58.4 Å². The second-order valence-corrected chi connectivity index (χ2v) is 8.65. The number of nitrogens with zero attached hydrogens (tertiary/aromatic N) is 4. The third kappa shape index (κ3) is 7.17. The van der Waals surface area contributed by atoms with Crippen molar-refractivity contribution in [2.24, 2.45) is 5.92 Å². The van der Waals surface area contributed by atoms with E-state index in [0.29, 0.717) is 24.8 Å². The Morgan fingerprint density at radius 1 is 1.14 bits per heavy atom. The smallest absolute Gasteiger partial charge is 0.232 e. The van der Waals surface area contributed by atoms with E-state index in [2.05, 4.69) is 41.1 Å². The summed E-state index contributed by atoms with van der Waals surface area (Å²) in [7, 11) is 0. The second kappa shape index (κ2) is 11.3. The number of rotatable bonds is 5. The first-order valence-electron chi connectivity index (χ1n) is 9.96. The van der Waals surface area contributed by atoms with Gasteiger partial charge in [0.2, 0.25) is 11.8 Å². The average molecular weight is 436 g/mol. The molecule has 0 aliphatic carbocycles. The lowest BCUT2D eigenvalue weighted by molar-refractivity contribution is -0.133. The van der Waals surface area contributed by atoms with Gasteiger partial charge >= 0.3 is 0 Å². The molecule has 9 heteroatoms. The molecule has 0 spiro atoms. The van der Waals surface area contributed by atoms with Crippen LogP contribution in [0.4, 0.5) is 0 Å². The van der Waals surface area contributed by atoms with Crippen molar-refractivity contribution >= 4 is 30.7 Å². The van der Waals surface area contributed by atoms with E-state index in [1.54, 1.807) is 0 Å². The molecule has 1 aromatic rings. The molecule has 1 amide bonds. The minimum Gasteiger partial charge on any atom is -0.340 e. The Morgan fingerprint density at radius 3 is 2.36 bits per heavy atom. The molecule has 3 rings (SSSR count). The van der Waals surface area contributed by atoms with Crippen LogP contribution in [0.3, 0.4) is 0 Å². The van der Waals surface area contributed by atoms with Crippen molar-refractivity contribution < 1.29 is 9.32 Å². The topological polar surface area (TPSA) is 74.5 Å². The number of aromatic nitrogens is 2. The SMILES string of the molecule is CC(C)(C)c1nc(CN2CCN(C(=O)CCC3CCNCC3)CC2)no1.Cl.Cl. The highest BCUT2D eigenvalue weighted by Crippen LogP contribution is 2.21. The predicted octanol–water partition coefficient (Wildman–Crippen LogP) is 2.63. The Labute approximate surface area is 180 Å². The van der Waals surface area contributed by atoms with E-state index in [1.165, 1.54) is 12.8 Å². The highest BCUT2D eigenvalue weighted by molar-refractivity contribution is 5.85. The molecule has 1 N–H and O–H groups in total. The summed E-state index contributed by atoms with van der Waals surface area (Å²) in [4.78, 5) is 21.3. The molecular weight excluding hydrogens is 401 g/mol. The van der Waals surface area contributed by atoms with Crippen molar-refractivity contribution in [1.29, 1.82) is 0 Å². The molecule has 0 radical (unpaired) electrons. The molecule has 2 aliphatic heterocycles. The van der Waals surface area contributed by atoms with Gasteiger partial charge in [-0.05, 0) is 38.3 Å². The molecule has 2 saturated heterocycles. The van der Waals surface area contributed by atoms with E-state index in [4.69, 9.17) is 4.52 Å². The fraction of sp³-hybridized carbons (Fsp3) is 0.842. The molecule has 2 aliphatic rings. The summed E-state index contributed by atoms with van der Waals surface area (Å²) in [5, 5.41) is 7.48. The fourth-order valence-corrected chi connectivity index (χ4v) is 3.63. The van der Waals surface area contributed by atoms with E-state index in [1.807, 2.05) is 4.90 Å². The standard InChI is InChI=1S/C19H33N5O2.2ClH/c1-19(2,3)18-21-16(22-26-18)14-23-10-12-24(13-11-23)17(25)5-4-15-6-8-20-9-7-15;;/h15,20H,4-14H2,1-3H3;2*1H. The van der Waals surface area contributed by atoms with E-state index in [-0.39, 0.29) is 30.2 Å². The summed E-state index contributed by atoms with van der Waals surface area (Å²) in [6.45, 7) is 12.4. The van der Waals surface area contributed by atoms with Crippen LogP contribution in [-0.2, 0) is 16.8 Å². The Hall–Kier alpha value is -0.890. The molecule has 2 fully saturated rings.